The van der Waals surface area contributed by atoms with Crippen molar-refractivity contribution in [2.45, 2.75) is 0 Å². The predicted octanol–water partition coefficient (Wildman–Crippen LogP) is 3.21. The molecule has 0 saturated heterocycles. The van der Waals surface area contributed by atoms with Gasteiger partial charge < -0.3 is 9.47 Å². The molecule has 0 spiro atoms. The smallest absolute Gasteiger partial charge is 0.314 e. The average molecular weight is 300 g/mol. The number of ether oxygens (including phenoxy) is 2. The molecule has 0 N–H and O–H groups in total. The number of halogens is 3. The highest BCUT2D eigenvalue weighted by molar-refractivity contribution is 5.51. The molecule has 2 rings (SSSR count). The topological polar surface area (TPSA) is 74.5 Å². The van der Waals surface area contributed by atoms with Gasteiger partial charge >= 0.3 is 5.69 Å². The molecule has 0 fully saturated rings. The van der Waals surface area contributed by atoms with Crippen LogP contribution in [0, 0.1) is 27.7 Å². The van der Waals surface area contributed by atoms with Crippen molar-refractivity contribution in [3.05, 3.63) is 52.0 Å². The van der Waals surface area contributed by atoms with E-state index in [1.807, 2.05) is 0 Å². The van der Waals surface area contributed by atoms with Crippen molar-refractivity contribution in [2.75, 3.05) is 7.11 Å². The van der Waals surface area contributed by atoms with Gasteiger partial charge in [-0.25, -0.2) is 8.78 Å². The van der Waals surface area contributed by atoms with Crippen LogP contribution in [0.4, 0.5) is 18.9 Å². The van der Waals surface area contributed by atoms with Crippen molar-refractivity contribution in [1.29, 1.82) is 0 Å². The molecule has 6 nitrogen and oxygen atoms in total. The van der Waals surface area contributed by atoms with Gasteiger partial charge in [0.25, 0.3) is 11.8 Å². The minimum Gasteiger partial charge on any atom is -0.490 e. The Hall–Kier alpha value is -2.84. The Morgan fingerprint density at radius 1 is 1.19 bits per heavy atom. The second-order valence-electron chi connectivity index (χ2n) is 3.74. The summed E-state index contributed by atoms with van der Waals surface area (Å²) in [5.41, 5.74) is -0.432. The fraction of sp³-hybridized carbons (Fsp3) is 0.0833. The first-order chi connectivity index (χ1) is 9.92. The highest BCUT2D eigenvalue weighted by atomic mass is 19.2. The van der Waals surface area contributed by atoms with Gasteiger partial charge in [0.2, 0.25) is 0 Å². The van der Waals surface area contributed by atoms with Crippen LogP contribution in [-0.4, -0.2) is 17.0 Å². The van der Waals surface area contributed by atoms with E-state index in [0.29, 0.717) is 0 Å². The predicted molar refractivity (Wildman–Crippen MR) is 63.8 cm³/mol. The van der Waals surface area contributed by atoms with Gasteiger partial charge in [-0.1, -0.05) is 0 Å². The van der Waals surface area contributed by atoms with Gasteiger partial charge in [0.05, 0.1) is 18.1 Å². The van der Waals surface area contributed by atoms with E-state index in [2.05, 4.69) is 4.98 Å². The number of nitrogens with zero attached hydrogens (tertiary/aromatic N) is 2. The van der Waals surface area contributed by atoms with Crippen molar-refractivity contribution in [3.8, 4) is 17.4 Å². The van der Waals surface area contributed by atoms with Crippen LogP contribution in [0.3, 0.4) is 0 Å². The molecule has 0 aliphatic rings. The number of nitro groups is 1. The zero-order valence-corrected chi connectivity index (χ0v) is 10.5. The van der Waals surface area contributed by atoms with Gasteiger partial charge in [0, 0.05) is 6.07 Å². The zero-order chi connectivity index (χ0) is 15.6. The summed E-state index contributed by atoms with van der Waals surface area (Å²) in [4.78, 5) is 13.0. The first-order valence-corrected chi connectivity index (χ1v) is 5.44. The molecule has 21 heavy (non-hydrogen) atoms. The SMILES string of the molecule is COc1ccc(Oc2nc(F)c(F)cc2F)cc1[N+](=O)[O-]. The van der Waals surface area contributed by atoms with Crippen LogP contribution in [-0.2, 0) is 0 Å². The maximum atomic E-state index is 13.4. The molecule has 0 aliphatic carbocycles. The number of hydrogen-bond acceptors (Lipinski definition) is 5. The van der Waals surface area contributed by atoms with E-state index >= 15 is 0 Å². The van der Waals surface area contributed by atoms with Crippen LogP contribution in [0.25, 0.3) is 0 Å². The van der Waals surface area contributed by atoms with Gasteiger partial charge in [0.15, 0.2) is 17.4 Å². The van der Waals surface area contributed by atoms with Crippen molar-refractivity contribution in [1.82, 2.24) is 4.98 Å². The van der Waals surface area contributed by atoms with Gasteiger partial charge in [-0.2, -0.15) is 9.37 Å². The third-order valence-corrected chi connectivity index (χ3v) is 2.42. The maximum absolute atomic E-state index is 13.4. The van der Waals surface area contributed by atoms with Crippen molar-refractivity contribution >= 4 is 5.69 Å². The minimum absolute atomic E-state index is 0.0360. The lowest BCUT2D eigenvalue weighted by Crippen LogP contribution is -1.99. The van der Waals surface area contributed by atoms with Crippen molar-refractivity contribution < 1.29 is 27.6 Å². The number of rotatable bonds is 4. The summed E-state index contributed by atoms with van der Waals surface area (Å²) < 4.78 is 48.7. The molecule has 0 aliphatic heterocycles. The number of pyridine rings is 1. The summed E-state index contributed by atoms with van der Waals surface area (Å²) in [6, 6.07) is 3.65. The van der Waals surface area contributed by atoms with Gasteiger partial charge in [-0.05, 0) is 12.1 Å². The maximum Gasteiger partial charge on any atom is 0.314 e. The molecule has 9 heteroatoms. The molecule has 0 unspecified atom stereocenters. The number of aromatic nitrogens is 1. The van der Waals surface area contributed by atoms with Crippen molar-refractivity contribution in [3.63, 3.8) is 0 Å². The van der Waals surface area contributed by atoms with E-state index in [0.717, 1.165) is 6.07 Å². The van der Waals surface area contributed by atoms with Crippen LogP contribution in [0.2, 0.25) is 0 Å². The van der Waals surface area contributed by atoms with E-state index in [1.54, 1.807) is 0 Å². The molecular formula is C12H7F3N2O4. The van der Waals surface area contributed by atoms with E-state index in [4.69, 9.17) is 9.47 Å². The third-order valence-electron chi connectivity index (χ3n) is 2.42. The largest absolute Gasteiger partial charge is 0.490 e. The summed E-state index contributed by atoms with van der Waals surface area (Å²) in [7, 11) is 1.24. The fourth-order valence-corrected chi connectivity index (χ4v) is 1.49. The first kappa shape index (κ1) is 14.6. The summed E-state index contributed by atoms with van der Waals surface area (Å²) in [5.74, 6) is -5.32. The molecule has 0 atom stereocenters. The molecular weight excluding hydrogens is 293 g/mol. The van der Waals surface area contributed by atoms with Crippen LogP contribution in [0.5, 0.6) is 17.4 Å². The van der Waals surface area contributed by atoms with Crippen LogP contribution < -0.4 is 9.47 Å². The number of benzene rings is 1. The Morgan fingerprint density at radius 2 is 1.90 bits per heavy atom. The number of methoxy groups -OCH3 is 1. The Kier molecular flexibility index (Phi) is 3.92. The van der Waals surface area contributed by atoms with E-state index in [1.165, 1.54) is 19.2 Å². The molecule has 0 radical (unpaired) electrons. The van der Waals surface area contributed by atoms with Crippen LogP contribution >= 0.6 is 0 Å². The summed E-state index contributed by atoms with van der Waals surface area (Å²) in [5, 5.41) is 10.8. The molecule has 1 aromatic carbocycles. The minimum atomic E-state index is -1.55. The van der Waals surface area contributed by atoms with E-state index in [-0.39, 0.29) is 17.6 Å². The Balaban J connectivity index is 2.38. The quantitative estimate of drug-likeness (QED) is 0.492. The Bertz CT molecular complexity index is 709. The molecule has 1 heterocycles. The van der Waals surface area contributed by atoms with Gasteiger partial charge in [-0.15, -0.1) is 0 Å². The van der Waals surface area contributed by atoms with Crippen molar-refractivity contribution in [2.24, 2.45) is 0 Å². The molecule has 2 aromatic rings. The molecule has 0 bridgehead atoms. The van der Waals surface area contributed by atoms with Gasteiger partial charge in [0.1, 0.15) is 5.75 Å². The summed E-state index contributed by atoms with van der Waals surface area (Å²) in [6.07, 6.45) is 0. The monoisotopic (exact) mass is 300 g/mol. The highest BCUT2D eigenvalue weighted by Gasteiger charge is 2.18. The molecule has 1 aromatic heterocycles. The lowest BCUT2D eigenvalue weighted by molar-refractivity contribution is -0.385. The molecule has 0 saturated carbocycles. The summed E-state index contributed by atoms with van der Waals surface area (Å²) >= 11 is 0. The lowest BCUT2D eigenvalue weighted by Gasteiger charge is -2.07. The number of nitro benzene ring substituents is 1. The highest BCUT2D eigenvalue weighted by Crippen LogP contribution is 2.33. The van der Waals surface area contributed by atoms with Gasteiger partial charge in [-0.3, -0.25) is 10.1 Å². The zero-order valence-electron chi connectivity index (χ0n) is 10.5. The van der Waals surface area contributed by atoms with Crippen LogP contribution in [0.15, 0.2) is 24.3 Å². The number of hydrogen-bond donors (Lipinski definition) is 0. The lowest BCUT2D eigenvalue weighted by atomic mass is 10.3. The third kappa shape index (κ3) is 3.02. The Labute approximate surface area is 115 Å². The Morgan fingerprint density at radius 3 is 2.52 bits per heavy atom. The standard InChI is InChI=1S/C12H7F3N2O4/c1-20-10-3-2-6(4-9(10)17(18)19)21-12-8(14)5-7(13)11(15)16-12/h2-5H,1H3. The fourth-order valence-electron chi connectivity index (χ4n) is 1.49. The molecule has 0 amide bonds. The second-order valence-corrected chi connectivity index (χ2v) is 3.74. The average Bonchev–Trinajstić information content (AvgIpc) is 2.44. The van der Waals surface area contributed by atoms with E-state index in [9.17, 15) is 23.3 Å². The normalized spacial score (nSPS) is 10.3. The van der Waals surface area contributed by atoms with Crippen LogP contribution in [0.1, 0.15) is 0 Å². The summed E-state index contributed by atoms with van der Waals surface area (Å²) in [6.45, 7) is 0. The second kappa shape index (κ2) is 5.65. The first-order valence-electron chi connectivity index (χ1n) is 5.44. The van der Waals surface area contributed by atoms with E-state index < -0.39 is 34.1 Å². The molecule has 110 valence electrons.